The van der Waals surface area contributed by atoms with Gasteiger partial charge in [0.05, 0.1) is 12.2 Å². The molecule has 1 aromatic carbocycles. The summed E-state index contributed by atoms with van der Waals surface area (Å²) in [5.41, 5.74) is 1.44. The van der Waals surface area contributed by atoms with Gasteiger partial charge in [0.2, 0.25) is 0 Å². The van der Waals surface area contributed by atoms with Crippen LogP contribution in [0.2, 0.25) is 0 Å². The molecule has 0 atom stereocenters. The predicted octanol–water partition coefficient (Wildman–Crippen LogP) is 1.91. The number of nitrogens with zero attached hydrogens (tertiary/aromatic N) is 2. The van der Waals surface area contributed by atoms with Crippen molar-refractivity contribution in [3.8, 4) is 11.3 Å². The molecular formula is C15H17N3O2S. The second kappa shape index (κ2) is 6.34. The number of carboxylic acids is 1. The van der Waals surface area contributed by atoms with Gasteiger partial charge in [0, 0.05) is 31.7 Å². The van der Waals surface area contributed by atoms with Crippen LogP contribution in [-0.4, -0.2) is 47.1 Å². The summed E-state index contributed by atoms with van der Waals surface area (Å²) in [6.45, 7) is 4.62. The van der Waals surface area contributed by atoms with Gasteiger partial charge >= 0.3 is 5.97 Å². The third-order valence-electron chi connectivity index (χ3n) is 3.48. The number of carboxylic acid groups (broad SMARTS) is 1. The third-order valence-corrected chi connectivity index (χ3v) is 4.51. The molecule has 0 spiro atoms. The largest absolute Gasteiger partial charge is 0.477 e. The lowest BCUT2D eigenvalue weighted by molar-refractivity contribution is 0.0702. The third kappa shape index (κ3) is 3.29. The van der Waals surface area contributed by atoms with Crippen molar-refractivity contribution in [1.29, 1.82) is 0 Å². The SMILES string of the molecule is O=C(O)c1sc(CN2CCNCC2)nc1-c1ccccc1. The molecule has 2 heterocycles. The molecule has 110 valence electrons. The summed E-state index contributed by atoms with van der Waals surface area (Å²) in [4.78, 5) is 18.6. The second-order valence-corrected chi connectivity index (χ2v) is 6.07. The molecule has 0 radical (unpaired) electrons. The molecule has 0 bridgehead atoms. The molecule has 1 saturated heterocycles. The van der Waals surface area contributed by atoms with Gasteiger partial charge in [0.1, 0.15) is 9.88 Å². The number of piperazine rings is 1. The maximum atomic E-state index is 11.4. The maximum Gasteiger partial charge on any atom is 0.348 e. The van der Waals surface area contributed by atoms with E-state index in [-0.39, 0.29) is 0 Å². The van der Waals surface area contributed by atoms with Crippen molar-refractivity contribution in [2.75, 3.05) is 26.2 Å². The average Bonchev–Trinajstić information content (AvgIpc) is 2.93. The van der Waals surface area contributed by atoms with Gasteiger partial charge in [-0.2, -0.15) is 0 Å². The number of hydrogen-bond donors (Lipinski definition) is 2. The number of carbonyl (C=O) groups is 1. The van der Waals surface area contributed by atoms with E-state index in [2.05, 4.69) is 15.2 Å². The molecule has 0 aliphatic carbocycles. The van der Waals surface area contributed by atoms with E-state index in [4.69, 9.17) is 0 Å². The Bertz CT molecular complexity index is 621. The Morgan fingerprint density at radius 1 is 1.29 bits per heavy atom. The molecule has 0 saturated carbocycles. The molecular weight excluding hydrogens is 286 g/mol. The van der Waals surface area contributed by atoms with Crippen molar-refractivity contribution < 1.29 is 9.90 Å². The first-order chi connectivity index (χ1) is 10.2. The number of benzene rings is 1. The summed E-state index contributed by atoms with van der Waals surface area (Å²) in [5.74, 6) is -0.905. The zero-order chi connectivity index (χ0) is 14.7. The Morgan fingerprint density at radius 2 is 2.00 bits per heavy atom. The summed E-state index contributed by atoms with van der Waals surface area (Å²) in [6, 6.07) is 9.51. The van der Waals surface area contributed by atoms with Crippen LogP contribution in [0.5, 0.6) is 0 Å². The number of nitrogens with one attached hydrogen (secondary N) is 1. The van der Waals surface area contributed by atoms with Crippen LogP contribution in [0, 0.1) is 0 Å². The Kier molecular flexibility index (Phi) is 4.28. The van der Waals surface area contributed by atoms with Gasteiger partial charge < -0.3 is 10.4 Å². The van der Waals surface area contributed by atoms with E-state index in [1.54, 1.807) is 0 Å². The highest BCUT2D eigenvalue weighted by Gasteiger charge is 2.20. The standard InChI is InChI=1S/C15H17N3O2S/c19-15(20)14-13(11-4-2-1-3-5-11)17-12(21-14)10-18-8-6-16-7-9-18/h1-5,16H,6-10H2,(H,19,20). The first-order valence-corrected chi connectivity index (χ1v) is 7.77. The number of rotatable bonds is 4. The van der Waals surface area contributed by atoms with Crippen LogP contribution in [0.25, 0.3) is 11.3 Å². The summed E-state index contributed by atoms with van der Waals surface area (Å²) >= 11 is 1.28. The zero-order valence-electron chi connectivity index (χ0n) is 11.6. The van der Waals surface area contributed by atoms with E-state index in [1.807, 2.05) is 30.3 Å². The highest BCUT2D eigenvalue weighted by molar-refractivity contribution is 7.14. The highest BCUT2D eigenvalue weighted by atomic mass is 32.1. The van der Waals surface area contributed by atoms with Crippen LogP contribution in [-0.2, 0) is 6.54 Å². The Balaban J connectivity index is 1.87. The van der Waals surface area contributed by atoms with Gasteiger partial charge in [-0.3, -0.25) is 4.90 Å². The van der Waals surface area contributed by atoms with Crippen molar-refractivity contribution in [1.82, 2.24) is 15.2 Å². The Labute approximate surface area is 127 Å². The maximum absolute atomic E-state index is 11.4. The van der Waals surface area contributed by atoms with Crippen molar-refractivity contribution in [3.63, 3.8) is 0 Å². The van der Waals surface area contributed by atoms with Crippen LogP contribution < -0.4 is 5.32 Å². The number of aromatic carboxylic acids is 1. The summed E-state index contributed by atoms with van der Waals surface area (Å²) in [6.07, 6.45) is 0. The van der Waals surface area contributed by atoms with Gasteiger partial charge in [-0.1, -0.05) is 30.3 Å². The minimum Gasteiger partial charge on any atom is -0.477 e. The molecule has 1 aromatic heterocycles. The normalized spacial score (nSPS) is 16.0. The van der Waals surface area contributed by atoms with E-state index >= 15 is 0 Å². The van der Waals surface area contributed by atoms with E-state index in [1.165, 1.54) is 11.3 Å². The van der Waals surface area contributed by atoms with E-state index in [9.17, 15) is 9.90 Å². The van der Waals surface area contributed by atoms with Crippen LogP contribution in [0.1, 0.15) is 14.7 Å². The molecule has 2 aromatic rings. The van der Waals surface area contributed by atoms with E-state index in [0.717, 1.165) is 43.3 Å². The quantitative estimate of drug-likeness (QED) is 0.903. The topological polar surface area (TPSA) is 65.5 Å². The fraction of sp³-hybridized carbons (Fsp3) is 0.333. The fourth-order valence-corrected chi connectivity index (χ4v) is 3.40. The highest BCUT2D eigenvalue weighted by Crippen LogP contribution is 2.29. The molecule has 2 N–H and O–H groups in total. The van der Waals surface area contributed by atoms with Crippen molar-refractivity contribution in [2.45, 2.75) is 6.54 Å². The van der Waals surface area contributed by atoms with Gasteiger partial charge in [0.15, 0.2) is 0 Å². The summed E-state index contributed by atoms with van der Waals surface area (Å²) in [5, 5.41) is 13.6. The predicted molar refractivity (Wildman–Crippen MR) is 82.7 cm³/mol. The van der Waals surface area contributed by atoms with Crippen molar-refractivity contribution in [3.05, 3.63) is 40.2 Å². The fourth-order valence-electron chi connectivity index (χ4n) is 2.43. The van der Waals surface area contributed by atoms with Gasteiger partial charge in [-0.25, -0.2) is 9.78 Å². The molecule has 0 amide bonds. The Morgan fingerprint density at radius 3 is 2.67 bits per heavy atom. The van der Waals surface area contributed by atoms with E-state index < -0.39 is 5.97 Å². The number of thiazole rings is 1. The van der Waals surface area contributed by atoms with E-state index in [0.29, 0.717) is 10.6 Å². The van der Waals surface area contributed by atoms with Crippen LogP contribution in [0.3, 0.4) is 0 Å². The number of aromatic nitrogens is 1. The molecule has 1 fully saturated rings. The smallest absolute Gasteiger partial charge is 0.348 e. The van der Waals surface area contributed by atoms with Crippen molar-refractivity contribution >= 4 is 17.3 Å². The zero-order valence-corrected chi connectivity index (χ0v) is 12.4. The van der Waals surface area contributed by atoms with Crippen LogP contribution in [0.4, 0.5) is 0 Å². The molecule has 1 aliphatic heterocycles. The lowest BCUT2D eigenvalue weighted by Crippen LogP contribution is -2.42. The van der Waals surface area contributed by atoms with Gasteiger partial charge in [-0.15, -0.1) is 11.3 Å². The Hall–Kier alpha value is -1.76. The summed E-state index contributed by atoms with van der Waals surface area (Å²) in [7, 11) is 0. The molecule has 3 rings (SSSR count). The van der Waals surface area contributed by atoms with Crippen molar-refractivity contribution in [2.24, 2.45) is 0 Å². The summed E-state index contributed by atoms with van der Waals surface area (Å²) < 4.78 is 0. The monoisotopic (exact) mass is 303 g/mol. The molecule has 6 heteroatoms. The van der Waals surface area contributed by atoms with Crippen LogP contribution >= 0.6 is 11.3 Å². The average molecular weight is 303 g/mol. The van der Waals surface area contributed by atoms with Crippen LogP contribution in [0.15, 0.2) is 30.3 Å². The molecule has 5 nitrogen and oxygen atoms in total. The lowest BCUT2D eigenvalue weighted by atomic mass is 10.1. The number of hydrogen-bond acceptors (Lipinski definition) is 5. The lowest BCUT2D eigenvalue weighted by Gasteiger charge is -2.26. The minimum atomic E-state index is -0.905. The molecule has 1 aliphatic rings. The first-order valence-electron chi connectivity index (χ1n) is 6.95. The second-order valence-electron chi connectivity index (χ2n) is 4.98. The first kappa shape index (κ1) is 14.2. The van der Waals surface area contributed by atoms with Gasteiger partial charge in [0.25, 0.3) is 0 Å². The van der Waals surface area contributed by atoms with Gasteiger partial charge in [-0.05, 0) is 0 Å². The molecule has 0 unspecified atom stereocenters. The minimum absolute atomic E-state index is 0.325. The molecule has 21 heavy (non-hydrogen) atoms.